The predicted molar refractivity (Wildman–Crippen MR) is 89.2 cm³/mol. The van der Waals surface area contributed by atoms with Gasteiger partial charge in [-0.2, -0.15) is 0 Å². The van der Waals surface area contributed by atoms with Gasteiger partial charge in [-0.1, -0.05) is 56.6 Å². The van der Waals surface area contributed by atoms with Gasteiger partial charge in [-0.25, -0.2) is 0 Å². The fraction of sp³-hybridized carbons (Fsp3) is 0.333. The zero-order valence-corrected chi connectivity index (χ0v) is 13.7. The summed E-state index contributed by atoms with van der Waals surface area (Å²) in [6.45, 7) is 6.59. The van der Waals surface area contributed by atoms with E-state index >= 15 is 0 Å². The van der Waals surface area contributed by atoms with Crippen molar-refractivity contribution in [2.45, 2.75) is 32.2 Å². The Balaban J connectivity index is 2.36. The standard InChI is InChI=1S/C18H22ClNO/c1-18(2,3)13-7-5-12(6-8-13)17(20)15-11-14(19)9-10-16(15)21-4/h5-11,17H,20H2,1-4H3. The molecule has 0 aliphatic carbocycles. The van der Waals surface area contributed by atoms with Crippen LogP contribution in [0.25, 0.3) is 0 Å². The van der Waals surface area contributed by atoms with E-state index in [0.717, 1.165) is 16.9 Å². The Hall–Kier alpha value is -1.51. The number of methoxy groups -OCH3 is 1. The fourth-order valence-corrected chi connectivity index (χ4v) is 2.50. The van der Waals surface area contributed by atoms with Crippen molar-refractivity contribution in [1.29, 1.82) is 0 Å². The fourth-order valence-electron chi connectivity index (χ4n) is 2.32. The van der Waals surface area contributed by atoms with Crippen LogP contribution in [0.3, 0.4) is 0 Å². The van der Waals surface area contributed by atoms with E-state index in [1.54, 1.807) is 13.2 Å². The van der Waals surface area contributed by atoms with Gasteiger partial charge in [0.25, 0.3) is 0 Å². The topological polar surface area (TPSA) is 35.2 Å². The van der Waals surface area contributed by atoms with Crippen LogP contribution >= 0.6 is 11.6 Å². The van der Waals surface area contributed by atoms with Gasteiger partial charge in [0.05, 0.1) is 13.2 Å². The molecule has 2 nitrogen and oxygen atoms in total. The van der Waals surface area contributed by atoms with Gasteiger partial charge in [0.15, 0.2) is 0 Å². The van der Waals surface area contributed by atoms with Crippen LogP contribution < -0.4 is 10.5 Å². The van der Waals surface area contributed by atoms with Crippen molar-refractivity contribution in [2.24, 2.45) is 5.73 Å². The quantitative estimate of drug-likeness (QED) is 0.892. The van der Waals surface area contributed by atoms with E-state index in [9.17, 15) is 0 Å². The van der Waals surface area contributed by atoms with Gasteiger partial charge in [-0.3, -0.25) is 0 Å². The largest absolute Gasteiger partial charge is 0.496 e. The Morgan fingerprint density at radius 3 is 2.19 bits per heavy atom. The Morgan fingerprint density at radius 1 is 1.05 bits per heavy atom. The zero-order valence-electron chi connectivity index (χ0n) is 13.0. The lowest BCUT2D eigenvalue weighted by atomic mass is 9.86. The van der Waals surface area contributed by atoms with Gasteiger partial charge in [-0.05, 0) is 34.7 Å². The molecule has 1 unspecified atom stereocenters. The smallest absolute Gasteiger partial charge is 0.124 e. The highest BCUT2D eigenvalue weighted by atomic mass is 35.5. The van der Waals surface area contributed by atoms with Crippen molar-refractivity contribution in [2.75, 3.05) is 7.11 Å². The van der Waals surface area contributed by atoms with Gasteiger partial charge < -0.3 is 10.5 Å². The summed E-state index contributed by atoms with van der Waals surface area (Å²) in [5.41, 5.74) is 9.75. The third-order valence-corrected chi connectivity index (χ3v) is 3.90. The van der Waals surface area contributed by atoms with Gasteiger partial charge in [-0.15, -0.1) is 0 Å². The molecule has 0 saturated heterocycles. The Bertz CT molecular complexity index is 614. The van der Waals surface area contributed by atoms with Crippen LogP contribution in [0.2, 0.25) is 5.02 Å². The summed E-state index contributed by atoms with van der Waals surface area (Å²) in [5.74, 6) is 0.756. The van der Waals surface area contributed by atoms with E-state index in [1.807, 2.05) is 12.1 Å². The van der Waals surface area contributed by atoms with Crippen LogP contribution in [0.4, 0.5) is 0 Å². The number of hydrogen-bond donors (Lipinski definition) is 1. The molecule has 0 bridgehead atoms. The summed E-state index contributed by atoms with van der Waals surface area (Å²) >= 11 is 6.08. The number of halogens is 1. The summed E-state index contributed by atoms with van der Waals surface area (Å²) in [4.78, 5) is 0. The summed E-state index contributed by atoms with van der Waals surface area (Å²) in [6, 6.07) is 13.7. The van der Waals surface area contributed by atoms with Crippen molar-refractivity contribution in [3.8, 4) is 5.75 Å². The van der Waals surface area contributed by atoms with Gasteiger partial charge in [0.1, 0.15) is 5.75 Å². The highest BCUT2D eigenvalue weighted by Gasteiger charge is 2.17. The first-order chi connectivity index (χ1) is 9.82. The maximum atomic E-state index is 6.38. The third kappa shape index (κ3) is 3.58. The Kier molecular flexibility index (Phi) is 4.60. The van der Waals surface area contributed by atoms with E-state index in [-0.39, 0.29) is 11.5 Å². The van der Waals surface area contributed by atoms with Gasteiger partial charge in [0, 0.05) is 10.6 Å². The second-order valence-electron chi connectivity index (χ2n) is 6.24. The lowest BCUT2D eigenvalue weighted by molar-refractivity contribution is 0.408. The Labute approximate surface area is 131 Å². The van der Waals surface area contributed by atoms with E-state index < -0.39 is 0 Å². The van der Waals surface area contributed by atoms with Crippen LogP contribution in [-0.4, -0.2) is 7.11 Å². The van der Waals surface area contributed by atoms with E-state index in [0.29, 0.717) is 5.02 Å². The molecule has 3 heteroatoms. The monoisotopic (exact) mass is 303 g/mol. The summed E-state index contributed by atoms with van der Waals surface area (Å²) < 4.78 is 5.38. The van der Waals surface area contributed by atoms with E-state index in [2.05, 4.69) is 45.0 Å². The predicted octanol–water partition coefficient (Wildman–Crippen LogP) is 4.69. The minimum absolute atomic E-state index is 0.135. The van der Waals surface area contributed by atoms with Crippen LogP contribution in [0.5, 0.6) is 5.75 Å². The first kappa shape index (κ1) is 15.9. The highest BCUT2D eigenvalue weighted by Crippen LogP contribution is 2.32. The first-order valence-electron chi connectivity index (χ1n) is 7.02. The second-order valence-corrected chi connectivity index (χ2v) is 6.67. The number of rotatable bonds is 3. The molecule has 1 atom stereocenters. The minimum Gasteiger partial charge on any atom is -0.496 e. The molecule has 2 aromatic rings. The SMILES string of the molecule is COc1ccc(Cl)cc1C(N)c1ccc(C(C)(C)C)cc1. The van der Waals surface area contributed by atoms with Crippen LogP contribution in [0, 0.1) is 0 Å². The maximum Gasteiger partial charge on any atom is 0.124 e. The summed E-state index contributed by atoms with van der Waals surface area (Å²) in [5, 5.41) is 0.660. The second kappa shape index (κ2) is 6.08. The van der Waals surface area contributed by atoms with Gasteiger partial charge >= 0.3 is 0 Å². The molecule has 0 heterocycles. The van der Waals surface area contributed by atoms with Crippen LogP contribution in [0.15, 0.2) is 42.5 Å². The molecule has 0 aromatic heterocycles. The number of benzene rings is 2. The molecular formula is C18H22ClNO. The average molecular weight is 304 g/mol. The van der Waals surface area contributed by atoms with Crippen LogP contribution in [0.1, 0.15) is 43.5 Å². The molecule has 0 radical (unpaired) electrons. The van der Waals surface area contributed by atoms with Gasteiger partial charge in [0.2, 0.25) is 0 Å². The number of nitrogens with two attached hydrogens (primary N) is 1. The molecule has 21 heavy (non-hydrogen) atoms. The molecular weight excluding hydrogens is 282 g/mol. The van der Waals surface area contributed by atoms with Crippen molar-refractivity contribution in [3.63, 3.8) is 0 Å². The molecule has 0 saturated carbocycles. The molecule has 0 fully saturated rings. The number of hydrogen-bond acceptors (Lipinski definition) is 2. The summed E-state index contributed by atoms with van der Waals surface area (Å²) in [7, 11) is 1.64. The number of ether oxygens (including phenoxy) is 1. The lowest BCUT2D eigenvalue weighted by Gasteiger charge is -2.21. The average Bonchev–Trinajstić information content (AvgIpc) is 2.45. The molecule has 0 aliphatic heterocycles. The minimum atomic E-state index is -0.257. The molecule has 112 valence electrons. The zero-order chi connectivity index (χ0) is 15.6. The van der Waals surface area contributed by atoms with Crippen molar-refractivity contribution < 1.29 is 4.74 Å². The van der Waals surface area contributed by atoms with Crippen molar-refractivity contribution >= 4 is 11.6 Å². The molecule has 2 aromatic carbocycles. The first-order valence-corrected chi connectivity index (χ1v) is 7.40. The molecule has 2 rings (SSSR count). The molecule has 0 amide bonds. The molecule has 0 aliphatic rings. The normalized spacial score (nSPS) is 13.0. The van der Waals surface area contributed by atoms with Crippen molar-refractivity contribution in [1.82, 2.24) is 0 Å². The lowest BCUT2D eigenvalue weighted by Crippen LogP contribution is -2.15. The third-order valence-electron chi connectivity index (χ3n) is 3.66. The highest BCUT2D eigenvalue weighted by molar-refractivity contribution is 6.30. The van der Waals surface area contributed by atoms with E-state index in [1.165, 1.54) is 5.56 Å². The summed E-state index contributed by atoms with van der Waals surface area (Å²) in [6.07, 6.45) is 0. The van der Waals surface area contributed by atoms with Crippen molar-refractivity contribution in [3.05, 3.63) is 64.2 Å². The van der Waals surface area contributed by atoms with E-state index in [4.69, 9.17) is 22.1 Å². The van der Waals surface area contributed by atoms with Crippen LogP contribution in [-0.2, 0) is 5.41 Å². The molecule has 2 N–H and O–H groups in total. The maximum absolute atomic E-state index is 6.38. The Morgan fingerprint density at radius 2 is 1.67 bits per heavy atom. The molecule has 0 spiro atoms.